The van der Waals surface area contributed by atoms with Crippen molar-refractivity contribution in [1.82, 2.24) is 4.90 Å². The number of ether oxygens (including phenoxy) is 3. The Bertz CT molecular complexity index is 596. The molecule has 1 amide bonds. The molecule has 0 aromatic heterocycles. The molecule has 0 unspecified atom stereocenters. The van der Waals surface area contributed by atoms with Gasteiger partial charge >= 0.3 is 5.97 Å². The van der Waals surface area contributed by atoms with Gasteiger partial charge in [0.1, 0.15) is 12.4 Å². The quantitative estimate of drug-likeness (QED) is 0.839. The van der Waals surface area contributed by atoms with Crippen molar-refractivity contribution in [3.05, 3.63) is 29.8 Å². The third-order valence-electron chi connectivity index (χ3n) is 4.39. The molecule has 3 rings (SSSR count). The molecule has 2 saturated heterocycles. The first-order valence-corrected chi connectivity index (χ1v) is 8.59. The second-order valence-corrected chi connectivity index (χ2v) is 6.31. The summed E-state index contributed by atoms with van der Waals surface area (Å²) in [5.74, 6) is -0.339. The molecule has 2 atom stereocenters. The summed E-state index contributed by atoms with van der Waals surface area (Å²) in [6.07, 6.45) is 1.69. The summed E-state index contributed by atoms with van der Waals surface area (Å²) >= 11 is 0. The van der Waals surface area contributed by atoms with Crippen molar-refractivity contribution in [1.29, 1.82) is 0 Å². The van der Waals surface area contributed by atoms with Gasteiger partial charge in [-0.25, -0.2) is 0 Å². The average Bonchev–Trinajstić information content (AvgIpc) is 3.13. The van der Waals surface area contributed by atoms with Crippen LogP contribution in [-0.4, -0.2) is 67.0 Å². The maximum Gasteiger partial charge on any atom is 0.306 e. The predicted molar refractivity (Wildman–Crippen MR) is 88.8 cm³/mol. The van der Waals surface area contributed by atoms with Gasteiger partial charge in [0.25, 0.3) is 5.91 Å². The molecule has 0 bridgehead atoms. The highest BCUT2D eigenvalue weighted by atomic mass is 16.5. The minimum Gasteiger partial charge on any atom is -0.491 e. The third kappa shape index (κ3) is 4.93. The molecule has 1 aromatic carbocycles. The van der Waals surface area contributed by atoms with Crippen molar-refractivity contribution < 1.29 is 28.9 Å². The van der Waals surface area contributed by atoms with Gasteiger partial charge in [-0.15, -0.1) is 0 Å². The minimum atomic E-state index is -0.924. The predicted octanol–water partition coefficient (Wildman–Crippen LogP) is 1.56. The zero-order valence-electron chi connectivity index (χ0n) is 14.1. The number of benzene rings is 1. The Morgan fingerprint density at radius 2 is 1.92 bits per heavy atom. The third-order valence-corrected chi connectivity index (χ3v) is 4.39. The number of hydrogen-bond acceptors (Lipinski definition) is 5. The molecule has 2 aliphatic rings. The molecular formula is C18H23NO6. The van der Waals surface area contributed by atoms with E-state index >= 15 is 0 Å². The Hall–Kier alpha value is -2.12. The Morgan fingerprint density at radius 3 is 2.60 bits per heavy atom. The topological polar surface area (TPSA) is 85.3 Å². The molecule has 0 saturated carbocycles. The lowest BCUT2D eigenvalue weighted by Gasteiger charge is -2.32. The number of carbonyl (C=O) groups is 2. The maximum atomic E-state index is 12.6. The highest BCUT2D eigenvalue weighted by Gasteiger charge is 2.26. The Labute approximate surface area is 146 Å². The zero-order chi connectivity index (χ0) is 17.6. The fraction of sp³-hybridized carbons (Fsp3) is 0.556. The summed E-state index contributed by atoms with van der Waals surface area (Å²) < 4.78 is 16.6. The number of aliphatic carboxylic acids is 1. The smallest absolute Gasteiger partial charge is 0.306 e. The highest BCUT2D eigenvalue weighted by molar-refractivity contribution is 5.94. The van der Waals surface area contributed by atoms with Crippen molar-refractivity contribution in [3.8, 4) is 5.75 Å². The van der Waals surface area contributed by atoms with E-state index < -0.39 is 12.1 Å². The number of carbonyl (C=O) groups excluding carboxylic acids is 1. The van der Waals surface area contributed by atoms with Crippen LogP contribution in [0.2, 0.25) is 0 Å². The molecular weight excluding hydrogens is 326 g/mol. The van der Waals surface area contributed by atoms with Crippen molar-refractivity contribution in [2.45, 2.75) is 31.5 Å². The van der Waals surface area contributed by atoms with Crippen LogP contribution in [0.3, 0.4) is 0 Å². The van der Waals surface area contributed by atoms with Gasteiger partial charge in [-0.3, -0.25) is 9.59 Å². The largest absolute Gasteiger partial charge is 0.491 e. The fourth-order valence-corrected chi connectivity index (χ4v) is 3.06. The van der Waals surface area contributed by atoms with E-state index in [4.69, 9.17) is 19.3 Å². The SMILES string of the molecule is O=C(O)C[C@H]1CN(C(=O)c2ccc(OC[C@@H]3CCCO3)cc2)CCO1. The van der Waals surface area contributed by atoms with Gasteiger partial charge in [0.05, 0.1) is 25.2 Å². The Kier molecular flexibility index (Phi) is 5.88. The molecule has 1 N–H and O–H groups in total. The first-order valence-electron chi connectivity index (χ1n) is 8.59. The molecule has 1 aromatic rings. The van der Waals surface area contributed by atoms with Crippen molar-refractivity contribution in [3.63, 3.8) is 0 Å². The van der Waals surface area contributed by atoms with E-state index in [1.54, 1.807) is 29.2 Å². The lowest BCUT2D eigenvalue weighted by Crippen LogP contribution is -2.46. The van der Waals surface area contributed by atoms with Crippen LogP contribution in [-0.2, 0) is 14.3 Å². The molecule has 7 nitrogen and oxygen atoms in total. The maximum absolute atomic E-state index is 12.6. The number of rotatable bonds is 6. The number of hydrogen-bond donors (Lipinski definition) is 1. The lowest BCUT2D eigenvalue weighted by molar-refractivity contribution is -0.141. The number of carboxylic acids is 1. The number of carboxylic acid groups (broad SMARTS) is 1. The second-order valence-electron chi connectivity index (χ2n) is 6.31. The van der Waals surface area contributed by atoms with E-state index in [2.05, 4.69) is 0 Å². The van der Waals surface area contributed by atoms with Crippen molar-refractivity contribution in [2.24, 2.45) is 0 Å². The van der Waals surface area contributed by atoms with Crippen LogP contribution < -0.4 is 4.74 Å². The van der Waals surface area contributed by atoms with Crippen molar-refractivity contribution in [2.75, 3.05) is 32.9 Å². The summed E-state index contributed by atoms with van der Waals surface area (Å²) in [5.41, 5.74) is 0.556. The Balaban J connectivity index is 1.53. The second kappa shape index (κ2) is 8.31. The van der Waals surface area contributed by atoms with Crippen LogP contribution in [0.25, 0.3) is 0 Å². The molecule has 7 heteroatoms. The first-order chi connectivity index (χ1) is 12.1. The minimum absolute atomic E-state index is 0.0974. The van der Waals surface area contributed by atoms with Gasteiger partial charge in [0, 0.05) is 25.3 Å². The van der Waals surface area contributed by atoms with E-state index in [-0.39, 0.29) is 18.4 Å². The number of morpholine rings is 1. The van der Waals surface area contributed by atoms with E-state index in [0.29, 0.717) is 37.6 Å². The molecule has 0 aliphatic carbocycles. The molecule has 2 heterocycles. The van der Waals surface area contributed by atoms with Gasteiger partial charge in [0.15, 0.2) is 0 Å². The van der Waals surface area contributed by atoms with E-state index in [1.165, 1.54) is 0 Å². The van der Waals surface area contributed by atoms with Gasteiger partial charge < -0.3 is 24.2 Å². The monoisotopic (exact) mass is 349 g/mol. The van der Waals surface area contributed by atoms with E-state index in [9.17, 15) is 9.59 Å². The summed E-state index contributed by atoms with van der Waals surface area (Å²) in [6.45, 7) is 2.43. The van der Waals surface area contributed by atoms with Gasteiger partial charge in [-0.1, -0.05) is 0 Å². The summed E-state index contributed by atoms with van der Waals surface area (Å²) in [5, 5.41) is 8.86. The van der Waals surface area contributed by atoms with Crippen LogP contribution >= 0.6 is 0 Å². The zero-order valence-corrected chi connectivity index (χ0v) is 14.1. The van der Waals surface area contributed by atoms with Gasteiger partial charge in [-0.05, 0) is 37.1 Å². The van der Waals surface area contributed by atoms with E-state index in [1.807, 2.05) is 0 Å². The lowest BCUT2D eigenvalue weighted by atomic mass is 10.1. The molecule has 136 valence electrons. The number of nitrogens with zero attached hydrogens (tertiary/aromatic N) is 1. The van der Waals surface area contributed by atoms with Gasteiger partial charge in [0.2, 0.25) is 0 Å². The van der Waals surface area contributed by atoms with Crippen molar-refractivity contribution >= 4 is 11.9 Å². The molecule has 25 heavy (non-hydrogen) atoms. The summed E-state index contributed by atoms with van der Waals surface area (Å²) in [6, 6.07) is 7.01. The molecule has 0 radical (unpaired) electrons. The van der Waals surface area contributed by atoms with Crippen LogP contribution in [0, 0.1) is 0 Å². The summed E-state index contributed by atoms with van der Waals surface area (Å²) in [4.78, 5) is 25.0. The van der Waals surface area contributed by atoms with E-state index in [0.717, 1.165) is 19.4 Å². The molecule has 0 spiro atoms. The standard InChI is InChI=1S/C18H23NO6/c20-17(21)10-16-11-19(7-9-24-16)18(22)13-3-5-14(6-4-13)25-12-15-2-1-8-23-15/h3-6,15-16H,1-2,7-12H2,(H,20,21)/t15-,16-/m0/s1. The van der Waals surface area contributed by atoms with Crippen LogP contribution in [0.15, 0.2) is 24.3 Å². The summed E-state index contributed by atoms with van der Waals surface area (Å²) in [7, 11) is 0. The number of amides is 1. The normalized spacial score (nSPS) is 23.4. The average molecular weight is 349 g/mol. The Morgan fingerprint density at radius 1 is 1.16 bits per heavy atom. The van der Waals surface area contributed by atoms with Crippen LogP contribution in [0.1, 0.15) is 29.6 Å². The van der Waals surface area contributed by atoms with Gasteiger partial charge in [-0.2, -0.15) is 0 Å². The molecule has 2 fully saturated rings. The first kappa shape index (κ1) is 17.7. The highest BCUT2D eigenvalue weighted by Crippen LogP contribution is 2.18. The van der Waals surface area contributed by atoms with Crippen LogP contribution in [0.4, 0.5) is 0 Å². The van der Waals surface area contributed by atoms with Crippen LogP contribution in [0.5, 0.6) is 5.75 Å². The molecule has 2 aliphatic heterocycles. The fourth-order valence-electron chi connectivity index (χ4n) is 3.06.